The number of nitrogens with zero attached hydrogens (tertiary/aromatic N) is 1. The quantitative estimate of drug-likeness (QED) is 0.631. The first kappa shape index (κ1) is 15.3. The van der Waals surface area contributed by atoms with Crippen LogP contribution >= 0.6 is 11.6 Å². The Balaban J connectivity index is 2.09. The van der Waals surface area contributed by atoms with E-state index in [1.54, 1.807) is 12.3 Å². The van der Waals surface area contributed by atoms with Gasteiger partial charge in [-0.15, -0.1) is 0 Å². The van der Waals surface area contributed by atoms with E-state index >= 15 is 0 Å². The van der Waals surface area contributed by atoms with Crippen molar-refractivity contribution in [3.63, 3.8) is 0 Å². The first-order valence-electron chi connectivity index (χ1n) is 7.08. The highest BCUT2D eigenvalue weighted by Gasteiger charge is 2.05. The van der Waals surface area contributed by atoms with Gasteiger partial charge in [0.05, 0.1) is 10.7 Å². The molecule has 0 unspecified atom stereocenters. The van der Waals surface area contributed by atoms with Crippen molar-refractivity contribution in [2.75, 3.05) is 0 Å². The van der Waals surface area contributed by atoms with E-state index in [1.807, 2.05) is 0 Å². The number of aromatic hydroxyl groups is 1. The van der Waals surface area contributed by atoms with E-state index in [1.165, 1.54) is 44.9 Å². The molecule has 0 saturated heterocycles. The first-order chi connectivity index (χ1) is 8.75. The summed E-state index contributed by atoms with van der Waals surface area (Å²) in [5, 5.41) is 10.1. The first-order valence-corrected chi connectivity index (χ1v) is 7.46. The van der Waals surface area contributed by atoms with E-state index in [9.17, 15) is 5.11 Å². The molecule has 0 saturated carbocycles. The second-order valence-electron chi connectivity index (χ2n) is 4.81. The van der Waals surface area contributed by atoms with Crippen LogP contribution in [0.4, 0.5) is 0 Å². The Kier molecular flexibility index (Phi) is 7.83. The van der Waals surface area contributed by atoms with Crippen LogP contribution in [0.5, 0.6) is 5.75 Å². The van der Waals surface area contributed by atoms with Crippen molar-refractivity contribution >= 4 is 11.6 Å². The molecule has 1 N–H and O–H groups in total. The molecule has 0 aromatic carbocycles. The van der Waals surface area contributed by atoms with Crippen LogP contribution in [0.2, 0.25) is 5.02 Å². The van der Waals surface area contributed by atoms with Crippen molar-refractivity contribution in [1.29, 1.82) is 0 Å². The smallest absolute Gasteiger partial charge is 0.155 e. The lowest BCUT2D eigenvalue weighted by Gasteiger charge is -2.05. The Labute approximate surface area is 115 Å². The van der Waals surface area contributed by atoms with Crippen molar-refractivity contribution in [3.05, 3.63) is 23.0 Å². The predicted octanol–water partition coefficient (Wildman–Crippen LogP) is 5.12. The summed E-state index contributed by atoms with van der Waals surface area (Å²) < 4.78 is 0. The summed E-state index contributed by atoms with van der Waals surface area (Å²) in [4.78, 5) is 4.16. The van der Waals surface area contributed by atoms with Crippen molar-refractivity contribution in [1.82, 2.24) is 4.98 Å². The van der Waals surface area contributed by atoms with E-state index in [2.05, 4.69) is 11.9 Å². The highest BCUT2D eigenvalue weighted by Crippen LogP contribution is 2.26. The number of hydrogen-bond donors (Lipinski definition) is 1. The molecular weight excluding hydrogens is 246 g/mol. The van der Waals surface area contributed by atoms with Gasteiger partial charge in [-0.3, -0.25) is 4.98 Å². The number of halogens is 1. The highest BCUT2D eigenvalue weighted by atomic mass is 35.5. The topological polar surface area (TPSA) is 33.1 Å². The third kappa shape index (κ3) is 5.72. The van der Waals surface area contributed by atoms with Gasteiger partial charge in [-0.05, 0) is 18.9 Å². The molecule has 3 heteroatoms. The number of aromatic nitrogens is 1. The molecule has 102 valence electrons. The van der Waals surface area contributed by atoms with Crippen molar-refractivity contribution in [3.8, 4) is 5.75 Å². The van der Waals surface area contributed by atoms with E-state index in [-0.39, 0.29) is 5.75 Å². The zero-order valence-electron chi connectivity index (χ0n) is 11.3. The minimum absolute atomic E-state index is 0.155. The average Bonchev–Trinajstić information content (AvgIpc) is 2.37. The van der Waals surface area contributed by atoms with Gasteiger partial charge in [0.2, 0.25) is 0 Å². The van der Waals surface area contributed by atoms with Crippen LogP contribution < -0.4 is 0 Å². The summed E-state index contributed by atoms with van der Waals surface area (Å²) in [5.74, 6) is 0.155. The number of aryl methyl sites for hydroxylation is 1. The third-order valence-electron chi connectivity index (χ3n) is 3.22. The molecular formula is C15H24ClNO. The fourth-order valence-electron chi connectivity index (χ4n) is 2.08. The Hall–Kier alpha value is -0.760. The summed E-state index contributed by atoms with van der Waals surface area (Å²) in [6.07, 6.45) is 12.8. The fraction of sp³-hybridized carbons (Fsp3) is 0.667. The lowest BCUT2D eigenvalue weighted by molar-refractivity contribution is 0.461. The van der Waals surface area contributed by atoms with Gasteiger partial charge in [0, 0.05) is 6.20 Å². The van der Waals surface area contributed by atoms with E-state index in [0.717, 1.165) is 18.5 Å². The molecule has 0 amide bonds. The Bertz CT molecular complexity index is 341. The number of pyridine rings is 1. The van der Waals surface area contributed by atoms with Crippen LogP contribution in [0.1, 0.15) is 64.0 Å². The summed E-state index contributed by atoms with van der Waals surface area (Å²) in [6.45, 7) is 2.24. The van der Waals surface area contributed by atoms with Gasteiger partial charge in [0.1, 0.15) is 0 Å². The van der Waals surface area contributed by atoms with Gasteiger partial charge in [-0.1, -0.05) is 63.5 Å². The molecule has 0 atom stereocenters. The molecule has 1 heterocycles. The number of hydrogen-bond acceptors (Lipinski definition) is 2. The summed E-state index contributed by atoms with van der Waals surface area (Å²) in [5.41, 5.74) is 0.730. The summed E-state index contributed by atoms with van der Waals surface area (Å²) in [7, 11) is 0. The summed E-state index contributed by atoms with van der Waals surface area (Å²) in [6, 6.07) is 1.62. The molecule has 2 nitrogen and oxygen atoms in total. The van der Waals surface area contributed by atoms with Gasteiger partial charge in [-0.2, -0.15) is 0 Å². The maximum atomic E-state index is 9.70. The Morgan fingerprint density at radius 2 is 1.67 bits per heavy atom. The highest BCUT2D eigenvalue weighted by molar-refractivity contribution is 6.32. The fourth-order valence-corrected chi connectivity index (χ4v) is 2.25. The monoisotopic (exact) mass is 269 g/mol. The molecule has 18 heavy (non-hydrogen) atoms. The lowest BCUT2D eigenvalue weighted by Crippen LogP contribution is -1.91. The molecule has 0 bridgehead atoms. The molecule has 0 fully saturated rings. The van der Waals surface area contributed by atoms with Crippen LogP contribution in [0.15, 0.2) is 12.3 Å². The SMILES string of the molecule is CCCCCCCCCCc1nccc(Cl)c1O. The van der Waals surface area contributed by atoms with Crippen LogP contribution in [0.25, 0.3) is 0 Å². The minimum atomic E-state index is 0.155. The summed E-state index contributed by atoms with van der Waals surface area (Å²) >= 11 is 5.83. The second kappa shape index (κ2) is 9.21. The van der Waals surface area contributed by atoms with E-state index < -0.39 is 0 Å². The van der Waals surface area contributed by atoms with Crippen molar-refractivity contribution < 1.29 is 5.11 Å². The lowest BCUT2D eigenvalue weighted by atomic mass is 10.1. The van der Waals surface area contributed by atoms with E-state index in [4.69, 9.17) is 11.6 Å². The van der Waals surface area contributed by atoms with Gasteiger partial charge >= 0.3 is 0 Å². The number of rotatable bonds is 9. The molecule has 0 aliphatic carbocycles. The van der Waals surface area contributed by atoms with Crippen LogP contribution in [-0.4, -0.2) is 10.1 Å². The Morgan fingerprint density at radius 1 is 1.06 bits per heavy atom. The van der Waals surface area contributed by atoms with Crippen molar-refractivity contribution in [2.45, 2.75) is 64.7 Å². The molecule has 0 spiro atoms. The van der Waals surface area contributed by atoms with Gasteiger partial charge in [0.15, 0.2) is 5.75 Å². The second-order valence-corrected chi connectivity index (χ2v) is 5.22. The zero-order valence-corrected chi connectivity index (χ0v) is 12.0. The normalized spacial score (nSPS) is 10.8. The maximum Gasteiger partial charge on any atom is 0.155 e. The Morgan fingerprint density at radius 3 is 2.33 bits per heavy atom. The zero-order chi connectivity index (χ0) is 13.2. The van der Waals surface area contributed by atoms with Gasteiger partial charge < -0.3 is 5.11 Å². The molecule has 0 aliphatic rings. The molecule has 1 aromatic heterocycles. The van der Waals surface area contributed by atoms with Crippen molar-refractivity contribution in [2.24, 2.45) is 0 Å². The largest absolute Gasteiger partial charge is 0.505 e. The third-order valence-corrected chi connectivity index (χ3v) is 3.52. The molecule has 1 rings (SSSR count). The standard InChI is InChI=1S/C15H24ClNO/c1-2-3-4-5-6-7-8-9-10-14-15(18)13(16)11-12-17-14/h11-12,18H,2-10H2,1H3. The van der Waals surface area contributed by atoms with E-state index in [0.29, 0.717) is 5.02 Å². The average molecular weight is 270 g/mol. The van der Waals surface area contributed by atoms with Crippen LogP contribution in [-0.2, 0) is 6.42 Å². The molecule has 0 aliphatic heterocycles. The minimum Gasteiger partial charge on any atom is -0.505 e. The molecule has 1 aromatic rings. The van der Waals surface area contributed by atoms with Gasteiger partial charge in [-0.25, -0.2) is 0 Å². The molecule has 0 radical (unpaired) electrons. The van der Waals surface area contributed by atoms with Crippen LogP contribution in [0, 0.1) is 0 Å². The van der Waals surface area contributed by atoms with Gasteiger partial charge in [0.25, 0.3) is 0 Å². The van der Waals surface area contributed by atoms with Crippen LogP contribution in [0.3, 0.4) is 0 Å². The predicted molar refractivity (Wildman–Crippen MR) is 77.2 cm³/mol. The maximum absolute atomic E-state index is 9.70. The number of unbranched alkanes of at least 4 members (excludes halogenated alkanes) is 7.